The first kappa shape index (κ1) is 13.8. The summed E-state index contributed by atoms with van der Waals surface area (Å²) in [5.41, 5.74) is 5.66. The average molecular weight is 257 g/mol. The first-order valence-corrected chi connectivity index (χ1v) is 5.63. The Morgan fingerprint density at radius 3 is 2.35 bits per heavy atom. The first-order chi connectivity index (χ1) is 7.93. The summed E-state index contributed by atoms with van der Waals surface area (Å²) in [6, 6.07) is 0. The van der Waals surface area contributed by atoms with Gasteiger partial charge < -0.3 is 4.74 Å². The third kappa shape index (κ3) is 2.53. The van der Waals surface area contributed by atoms with Gasteiger partial charge in [0.25, 0.3) is 0 Å². The number of ether oxygens (including phenoxy) is 1. The Balaban J connectivity index is 3.41. The maximum Gasteiger partial charge on any atom is 0.238 e. The van der Waals surface area contributed by atoms with Crippen molar-refractivity contribution in [2.45, 2.75) is 27.2 Å². The second-order valence-electron chi connectivity index (χ2n) is 3.95. The third-order valence-electron chi connectivity index (χ3n) is 2.99. The highest BCUT2D eigenvalue weighted by atomic mass is 35.5. The van der Waals surface area contributed by atoms with E-state index in [0.29, 0.717) is 10.8 Å². The summed E-state index contributed by atoms with van der Waals surface area (Å²) in [4.78, 5) is 11.4. The van der Waals surface area contributed by atoms with Crippen LogP contribution in [0.5, 0.6) is 5.75 Å². The maximum absolute atomic E-state index is 11.4. The highest BCUT2D eigenvalue weighted by Crippen LogP contribution is 2.35. The van der Waals surface area contributed by atoms with Crippen molar-refractivity contribution in [2.75, 3.05) is 7.11 Å². The van der Waals surface area contributed by atoms with Crippen LogP contribution in [0.15, 0.2) is 0 Å². The summed E-state index contributed by atoms with van der Waals surface area (Å²) in [7, 11) is 1.58. The number of amides is 1. The van der Waals surface area contributed by atoms with Crippen molar-refractivity contribution in [1.29, 1.82) is 0 Å². The number of carbonyl (C=O) groups excluding carboxylic acids is 1. The van der Waals surface area contributed by atoms with Crippen molar-refractivity contribution in [2.24, 2.45) is 5.84 Å². The van der Waals surface area contributed by atoms with Gasteiger partial charge in [0.05, 0.1) is 13.5 Å². The van der Waals surface area contributed by atoms with E-state index in [4.69, 9.17) is 22.2 Å². The fraction of sp³-hybridized carbons (Fsp3) is 0.417. The van der Waals surface area contributed by atoms with Gasteiger partial charge in [0.2, 0.25) is 5.91 Å². The van der Waals surface area contributed by atoms with E-state index in [1.807, 2.05) is 20.8 Å². The van der Waals surface area contributed by atoms with Gasteiger partial charge in [-0.1, -0.05) is 11.6 Å². The quantitative estimate of drug-likeness (QED) is 0.492. The van der Waals surface area contributed by atoms with E-state index in [-0.39, 0.29) is 12.3 Å². The standard InChI is InChI=1S/C12H17ClN2O2/c1-6-7(2)12(17-4)9(5-10(16)15-14)8(3)11(6)13/h5,14H2,1-4H3,(H,15,16). The number of hydrazine groups is 1. The molecule has 1 rings (SSSR count). The number of halogens is 1. The normalized spacial score (nSPS) is 10.2. The zero-order valence-electron chi connectivity index (χ0n) is 10.5. The van der Waals surface area contributed by atoms with Crippen molar-refractivity contribution >= 4 is 17.5 Å². The van der Waals surface area contributed by atoms with Crippen molar-refractivity contribution in [3.05, 3.63) is 27.3 Å². The molecule has 1 aromatic rings. The van der Waals surface area contributed by atoms with Gasteiger partial charge in [-0.3, -0.25) is 10.2 Å². The summed E-state index contributed by atoms with van der Waals surface area (Å²) < 4.78 is 5.36. The molecule has 0 saturated heterocycles. The van der Waals surface area contributed by atoms with Crippen LogP contribution in [0.2, 0.25) is 5.02 Å². The van der Waals surface area contributed by atoms with Crippen LogP contribution in [0.25, 0.3) is 0 Å². The molecular formula is C12H17ClN2O2. The molecule has 5 heteroatoms. The molecule has 0 saturated carbocycles. The van der Waals surface area contributed by atoms with Crippen molar-refractivity contribution in [1.82, 2.24) is 5.43 Å². The van der Waals surface area contributed by atoms with Gasteiger partial charge >= 0.3 is 0 Å². The number of nitrogens with two attached hydrogens (primary N) is 1. The second kappa shape index (κ2) is 5.38. The first-order valence-electron chi connectivity index (χ1n) is 5.25. The summed E-state index contributed by atoms with van der Waals surface area (Å²) in [5, 5.41) is 0.670. The monoisotopic (exact) mass is 256 g/mol. The Labute approximate surface area is 106 Å². The maximum atomic E-state index is 11.4. The van der Waals surface area contributed by atoms with E-state index in [9.17, 15) is 4.79 Å². The zero-order valence-corrected chi connectivity index (χ0v) is 11.2. The number of methoxy groups -OCH3 is 1. The zero-order chi connectivity index (χ0) is 13.2. The van der Waals surface area contributed by atoms with E-state index in [2.05, 4.69) is 5.43 Å². The van der Waals surface area contributed by atoms with Gasteiger partial charge in [0.15, 0.2) is 0 Å². The minimum absolute atomic E-state index is 0.159. The summed E-state index contributed by atoms with van der Waals surface area (Å²) in [6.07, 6.45) is 0.159. The molecule has 0 aliphatic rings. The Hall–Kier alpha value is -1.26. The van der Waals surface area contributed by atoms with Gasteiger partial charge in [-0.15, -0.1) is 0 Å². The van der Waals surface area contributed by atoms with Crippen LogP contribution in [-0.2, 0) is 11.2 Å². The highest BCUT2D eigenvalue weighted by Gasteiger charge is 2.18. The number of benzene rings is 1. The van der Waals surface area contributed by atoms with Crippen LogP contribution in [0.3, 0.4) is 0 Å². The molecule has 0 heterocycles. The molecule has 0 atom stereocenters. The molecule has 0 bridgehead atoms. The molecule has 0 fully saturated rings. The lowest BCUT2D eigenvalue weighted by Gasteiger charge is -2.18. The second-order valence-corrected chi connectivity index (χ2v) is 4.32. The smallest absolute Gasteiger partial charge is 0.238 e. The number of hydrogen-bond donors (Lipinski definition) is 2. The van der Waals surface area contributed by atoms with E-state index in [1.54, 1.807) is 7.11 Å². The minimum atomic E-state index is -0.272. The topological polar surface area (TPSA) is 64.3 Å². The van der Waals surface area contributed by atoms with Crippen LogP contribution in [0, 0.1) is 20.8 Å². The molecule has 0 unspecified atom stereocenters. The molecule has 0 aliphatic heterocycles. The van der Waals surface area contributed by atoms with Crippen molar-refractivity contribution in [3.63, 3.8) is 0 Å². The molecule has 4 nitrogen and oxygen atoms in total. The van der Waals surface area contributed by atoms with Crippen molar-refractivity contribution in [3.8, 4) is 5.75 Å². The molecule has 0 spiro atoms. The lowest BCUT2D eigenvalue weighted by molar-refractivity contribution is -0.120. The molecule has 1 aromatic carbocycles. The SMILES string of the molecule is COc1c(C)c(C)c(Cl)c(C)c1CC(=O)NN. The molecule has 3 N–H and O–H groups in total. The van der Waals surface area contributed by atoms with E-state index < -0.39 is 0 Å². The predicted molar refractivity (Wildman–Crippen MR) is 68.2 cm³/mol. The van der Waals surface area contributed by atoms with E-state index in [0.717, 1.165) is 22.3 Å². The lowest BCUT2D eigenvalue weighted by atomic mass is 9.96. The Morgan fingerprint density at radius 2 is 1.88 bits per heavy atom. The Kier molecular flexibility index (Phi) is 4.37. The summed E-state index contributed by atoms with van der Waals surface area (Å²) >= 11 is 6.23. The van der Waals surface area contributed by atoms with Crippen LogP contribution >= 0.6 is 11.6 Å². The molecule has 17 heavy (non-hydrogen) atoms. The number of hydrogen-bond acceptors (Lipinski definition) is 3. The molecule has 0 radical (unpaired) electrons. The summed E-state index contributed by atoms with van der Waals surface area (Å²) in [6.45, 7) is 5.72. The van der Waals surface area contributed by atoms with Gasteiger partial charge in [-0.2, -0.15) is 0 Å². The number of rotatable bonds is 3. The van der Waals surface area contributed by atoms with Crippen LogP contribution in [-0.4, -0.2) is 13.0 Å². The van der Waals surface area contributed by atoms with E-state index >= 15 is 0 Å². The van der Waals surface area contributed by atoms with Gasteiger partial charge in [-0.25, -0.2) is 5.84 Å². The molecule has 94 valence electrons. The Morgan fingerprint density at radius 1 is 1.29 bits per heavy atom. The lowest BCUT2D eigenvalue weighted by Crippen LogP contribution is -2.31. The largest absolute Gasteiger partial charge is 0.496 e. The number of carbonyl (C=O) groups is 1. The van der Waals surface area contributed by atoms with Gasteiger partial charge in [-0.05, 0) is 37.5 Å². The Bertz CT molecular complexity index is 459. The van der Waals surface area contributed by atoms with Crippen LogP contribution < -0.4 is 16.0 Å². The molecule has 0 aromatic heterocycles. The third-order valence-corrected chi connectivity index (χ3v) is 3.56. The van der Waals surface area contributed by atoms with Gasteiger partial charge in [0, 0.05) is 10.6 Å². The fourth-order valence-electron chi connectivity index (χ4n) is 1.85. The van der Waals surface area contributed by atoms with E-state index in [1.165, 1.54) is 0 Å². The molecular weight excluding hydrogens is 240 g/mol. The van der Waals surface area contributed by atoms with Crippen LogP contribution in [0.4, 0.5) is 0 Å². The molecule has 1 amide bonds. The average Bonchev–Trinajstić information content (AvgIpc) is 2.33. The number of nitrogens with one attached hydrogen (secondary N) is 1. The minimum Gasteiger partial charge on any atom is -0.496 e. The van der Waals surface area contributed by atoms with Gasteiger partial charge in [0.1, 0.15) is 5.75 Å². The highest BCUT2D eigenvalue weighted by molar-refractivity contribution is 6.32. The van der Waals surface area contributed by atoms with Crippen LogP contribution in [0.1, 0.15) is 22.3 Å². The molecule has 0 aliphatic carbocycles. The fourth-order valence-corrected chi connectivity index (χ4v) is 2.10. The predicted octanol–water partition coefficient (Wildman–Crippen LogP) is 1.81. The summed E-state index contributed by atoms with van der Waals surface area (Å²) in [5.74, 6) is 5.52. The van der Waals surface area contributed by atoms with Crippen molar-refractivity contribution < 1.29 is 9.53 Å².